The molecule has 0 saturated carbocycles. The molecule has 7 heteroatoms. The topological polar surface area (TPSA) is 74.7 Å². The molecule has 0 radical (unpaired) electrons. The minimum atomic E-state index is -3.78. The number of aliphatic carboxylic acids is 1. The first kappa shape index (κ1) is 19.5. The number of carboxylic acids is 1. The van der Waals surface area contributed by atoms with Crippen molar-refractivity contribution in [3.8, 4) is 0 Å². The van der Waals surface area contributed by atoms with Crippen molar-refractivity contribution in [1.29, 1.82) is 0 Å². The van der Waals surface area contributed by atoms with Crippen LogP contribution in [0.15, 0.2) is 51.8 Å². The minimum absolute atomic E-state index is 0.0862. The van der Waals surface area contributed by atoms with E-state index in [2.05, 4.69) is 15.9 Å². The second kappa shape index (κ2) is 8.01. The number of hydrogen-bond donors (Lipinski definition) is 1. The van der Waals surface area contributed by atoms with Gasteiger partial charge in [0.1, 0.15) is 0 Å². The number of carboxylic acid groups (broad SMARTS) is 1. The van der Waals surface area contributed by atoms with Crippen LogP contribution in [-0.2, 0) is 14.8 Å². The van der Waals surface area contributed by atoms with Gasteiger partial charge < -0.3 is 5.11 Å². The molecule has 0 bridgehead atoms. The van der Waals surface area contributed by atoms with E-state index in [-0.39, 0.29) is 24.3 Å². The molecule has 0 aliphatic rings. The van der Waals surface area contributed by atoms with Crippen molar-refractivity contribution in [1.82, 2.24) is 0 Å². The van der Waals surface area contributed by atoms with Crippen LogP contribution >= 0.6 is 15.9 Å². The Kier molecular flexibility index (Phi) is 6.24. The predicted molar refractivity (Wildman–Crippen MR) is 101 cm³/mol. The highest BCUT2D eigenvalue weighted by Gasteiger charge is 2.25. The van der Waals surface area contributed by atoms with Gasteiger partial charge in [0.25, 0.3) is 10.0 Å². The lowest BCUT2D eigenvalue weighted by Gasteiger charge is -2.25. The Balaban J connectivity index is 2.45. The summed E-state index contributed by atoms with van der Waals surface area (Å²) in [7, 11) is -3.78. The molecule has 0 fully saturated rings. The predicted octanol–water partition coefficient (Wildman–Crippen LogP) is 4.13. The highest BCUT2D eigenvalue weighted by molar-refractivity contribution is 9.10. The lowest BCUT2D eigenvalue weighted by Crippen LogP contribution is -2.32. The third kappa shape index (κ3) is 5.06. The smallest absolute Gasteiger partial charge is 0.303 e. The molecular weight excluding hydrogens is 406 g/mol. The van der Waals surface area contributed by atoms with Gasteiger partial charge in [0.15, 0.2) is 0 Å². The minimum Gasteiger partial charge on any atom is -0.481 e. The van der Waals surface area contributed by atoms with E-state index in [0.29, 0.717) is 5.69 Å². The Morgan fingerprint density at radius 3 is 2.16 bits per heavy atom. The van der Waals surface area contributed by atoms with E-state index in [9.17, 15) is 13.2 Å². The lowest BCUT2D eigenvalue weighted by molar-refractivity contribution is -0.137. The largest absolute Gasteiger partial charge is 0.481 e. The average Bonchev–Trinajstić information content (AvgIpc) is 2.50. The van der Waals surface area contributed by atoms with E-state index in [1.54, 1.807) is 24.3 Å². The monoisotopic (exact) mass is 425 g/mol. The molecular formula is C18H20BrNO4S. The number of sulfonamides is 1. The Hall–Kier alpha value is -1.86. The molecule has 0 saturated heterocycles. The number of nitrogens with zero attached hydrogens (tertiary/aromatic N) is 1. The quantitative estimate of drug-likeness (QED) is 0.723. The maximum Gasteiger partial charge on any atom is 0.303 e. The van der Waals surface area contributed by atoms with Gasteiger partial charge in [-0.25, -0.2) is 8.42 Å². The summed E-state index contributed by atoms with van der Waals surface area (Å²) in [6.07, 6.45) is 0.148. The van der Waals surface area contributed by atoms with Crippen LogP contribution in [0.3, 0.4) is 0 Å². The van der Waals surface area contributed by atoms with Crippen molar-refractivity contribution in [3.05, 3.63) is 58.1 Å². The number of hydrogen-bond acceptors (Lipinski definition) is 3. The van der Waals surface area contributed by atoms with Gasteiger partial charge in [-0.2, -0.15) is 0 Å². The molecule has 2 rings (SSSR count). The highest BCUT2D eigenvalue weighted by atomic mass is 79.9. The summed E-state index contributed by atoms with van der Waals surface area (Å²) in [5.41, 5.74) is 2.44. The highest BCUT2D eigenvalue weighted by Crippen LogP contribution is 2.27. The van der Waals surface area contributed by atoms with Crippen molar-refractivity contribution in [3.63, 3.8) is 0 Å². The second-order valence-electron chi connectivity index (χ2n) is 5.87. The van der Waals surface area contributed by atoms with Gasteiger partial charge in [-0.15, -0.1) is 0 Å². The van der Waals surface area contributed by atoms with Crippen molar-refractivity contribution >= 4 is 37.6 Å². The van der Waals surface area contributed by atoms with Crippen LogP contribution in [0.25, 0.3) is 0 Å². The number of halogens is 1. The van der Waals surface area contributed by atoms with Crippen LogP contribution in [0, 0.1) is 13.8 Å². The Morgan fingerprint density at radius 1 is 1.08 bits per heavy atom. The fourth-order valence-corrected chi connectivity index (χ4v) is 4.34. The average molecular weight is 426 g/mol. The molecule has 0 unspecified atom stereocenters. The molecule has 0 atom stereocenters. The molecule has 0 spiro atoms. The van der Waals surface area contributed by atoms with Gasteiger partial charge >= 0.3 is 5.97 Å². The molecule has 1 N–H and O–H groups in total. The van der Waals surface area contributed by atoms with E-state index in [0.717, 1.165) is 15.6 Å². The zero-order valence-electron chi connectivity index (χ0n) is 14.1. The Bertz CT molecular complexity index is 843. The van der Waals surface area contributed by atoms with Gasteiger partial charge in [-0.05, 0) is 67.8 Å². The van der Waals surface area contributed by atoms with Gasteiger partial charge in [0, 0.05) is 17.4 Å². The van der Waals surface area contributed by atoms with Crippen molar-refractivity contribution in [2.45, 2.75) is 31.6 Å². The van der Waals surface area contributed by atoms with E-state index in [1.165, 1.54) is 16.4 Å². The number of aryl methyl sites for hydroxylation is 2. The van der Waals surface area contributed by atoms with Crippen molar-refractivity contribution < 1.29 is 18.3 Å². The fraction of sp³-hybridized carbons (Fsp3) is 0.278. The molecule has 25 heavy (non-hydrogen) atoms. The third-order valence-electron chi connectivity index (χ3n) is 3.65. The number of anilines is 1. The molecule has 0 aromatic heterocycles. The van der Waals surface area contributed by atoms with Gasteiger partial charge in [-0.3, -0.25) is 9.10 Å². The molecule has 5 nitrogen and oxygen atoms in total. The van der Waals surface area contributed by atoms with E-state index in [4.69, 9.17) is 5.11 Å². The summed E-state index contributed by atoms with van der Waals surface area (Å²) in [5, 5.41) is 8.86. The summed E-state index contributed by atoms with van der Waals surface area (Å²) < 4.78 is 28.3. The summed E-state index contributed by atoms with van der Waals surface area (Å²) in [6, 6.07) is 12.0. The van der Waals surface area contributed by atoms with Crippen LogP contribution in [0.2, 0.25) is 0 Å². The maximum absolute atomic E-state index is 13.1. The first-order valence-electron chi connectivity index (χ1n) is 7.78. The zero-order valence-corrected chi connectivity index (χ0v) is 16.5. The standard InChI is InChI=1S/C18H20BrNO4S/c1-13-10-14(2)12-16(11-13)20(9-3-4-18(21)22)25(23,24)17-7-5-15(19)6-8-17/h5-8,10-12H,3-4,9H2,1-2H3,(H,21,22). The summed E-state index contributed by atoms with van der Waals surface area (Å²) in [6.45, 7) is 3.91. The Morgan fingerprint density at radius 2 is 1.64 bits per heavy atom. The van der Waals surface area contributed by atoms with Gasteiger partial charge in [0.05, 0.1) is 10.6 Å². The molecule has 0 aliphatic heterocycles. The molecule has 134 valence electrons. The normalized spacial score (nSPS) is 11.3. The summed E-state index contributed by atoms with van der Waals surface area (Å²) in [4.78, 5) is 11.0. The molecule has 2 aromatic carbocycles. The van der Waals surface area contributed by atoms with Crippen LogP contribution in [0.5, 0.6) is 0 Å². The van der Waals surface area contributed by atoms with Crippen LogP contribution in [0.1, 0.15) is 24.0 Å². The van der Waals surface area contributed by atoms with Gasteiger partial charge in [0.2, 0.25) is 0 Å². The lowest BCUT2D eigenvalue weighted by atomic mass is 10.1. The van der Waals surface area contributed by atoms with Crippen molar-refractivity contribution in [2.75, 3.05) is 10.8 Å². The van der Waals surface area contributed by atoms with Crippen LogP contribution in [0.4, 0.5) is 5.69 Å². The fourth-order valence-electron chi connectivity index (χ4n) is 2.59. The molecule has 0 aliphatic carbocycles. The van der Waals surface area contributed by atoms with Gasteiger partial charge in [-0.1, -0.05) is 22.0 Å². The molecule has 0 heterocycles. The van der Waals surface area contributed by atoms with E-state index >= 15 is 0 Å². The second-order valence-corrected chi connectivity index (χ2v) is 8.65. The first-order valence-corrected chi connectivity index (χ1v) is 10.0. The SMILES string of the molecule is Cc1cc(C)cc(N(CCCC(=O)O)S(=O)(=O)c2ccc(Br)cc2)c1. The van der Waals surface area contributed by atoms with E-state index < -0.39 is 16.0 Å². The Labute approximate surface area is 156 Å². The van der Waals surface area contributed by atoms with E-state index in [1.807, 2.05) is 19.9 Å². The summed E-state index contributed by atoms with van der Waals surface area (Å²) in [5.74, 6) is -0.943. The molecule has 2 aromatic rings. The first-order chi connectivity index (χ1) is 11.7. The zero-order chi connectivity index (χ0) is 18.6. The number of benzene rings is 2. The van der Waals surface area contributed by atoms with Crippen molar-refractivity contribution in [2.24, 2.45) is 0 Å². The summed E-state index contributed by atoms with van der Waals surface area (Å²) >= 11 is 3.30. The van der Waals surface area contributed by atoms with Crippen LogP contribution in [-0.4, -0.2) is 26.0 Å². The molecule has 0 amide bonds. The van der Waals surface area contributed by atoms with Crippen LogP contribution < -0.4 is 4.31 Å². The maximum atomic E-state index is 13.1. The third-order valence-corrected chi connectivity index (χ3v) is 6.02. The number of carbonyl (C=O) groups is 1. The number of rotatable bonds is 7.